The summed E-state index contributed by atoms with van der Waals surface area (Å²) in [5.41, 5.74) is 0.131. The molecule has 1 aliphatic carbocycles. The van der Waals surface area contributed by atoms with Crippen LogP contribution in [0.15, 0.2) is 6.33 Å². The van der Waals surface area contributed by atoms with Gasteiger partial charge in [0.1, 0.15) is 12.2 Å². The van der Waals surface area contributed by atoms with Crippen molar-refractivity contribution >= 4 is 0 Å². The summed E-state index contributed by atoms with van der Waals surface area (Å²) < 4.78 is 1.75. The van der Waals surface area contributed by atoms with Gasteiger partial charge in [0.05, 0.1) is 6.10 Å². The molecular formula is C12H21N3O. The van der Waals surface area contributed by atoms with Gasteiger partial charge in [0, 0.05) is 13.5 Å². The highest BCUT2D eigenvalue weighted by molar-refractivity contribution is 4.96. The van der Waals surface area contributed by atoms with Crippen molar-refractivity contribution in [2.24, 2.45) is 12.5 Å². The molecule has 1 aromatic rings. The zero-order chi connectivity index (χ0) is 11.6. The number of hydrogen-bond acceptors (Lipinski definition) is 3. The van der Waals surface area contributed by atoms with Crippen LogP contribution in [0, 0.1) is 5.41 Å². The fourth-order valence-electron chi connectivity index (χ4n) is 2.90. The second-order valence-electron chi connectivity index (χ2n) is 4.94. The number of aliphatic hydroxyl groups excluding tert-OH is 1. The number of aryl methyl sites for hydroxylation is 1. The Labute approximate surface area is 96.7 Å². The lowest BCUT2D eigenvalue weighted by molar-refractivity contribution is 0.0237. The summed E-state index contributed by atoms with van der Waals surface area (Å²) in [4.78, 5) is 4.18. The van der Waals surface area contributed by atoms with E-state index in [1.54, 1.807) is 11.0 Å². The van der Waals surface area contributed by atoms with Crippen LogP contribution in [0.1, 0.15) is 44.9 Å². The average molecular weight is 223 g/mol. The van der Waals surface area contributed by atoms with Crippen molar-refractivity contribution in [3.8, 4) is 0 Å². The summed E-state index contributed by atoms with van der Waals surface area (Å²) in [5.74, 6) is 0.882. The molecule has 1 atom stereocenters. The molecule has 2 rings (SSSR count). The van der Waals surface area contributed by atoms with Crippen LogP contribution >= 0.6 is 0 Å². The standard InChI is InChI=1S/C12H21N3O/c1-3-12(6-4-5-7-12)10(16)8-11-13-9-14-15(11)2/h9-10,16H,3-8H2,1-2H3. The number of rotatable bonds is 4. The maximum atomic E-state index is 10.4. The van der Waals surface area contributed by atoms with Gasteiger partial charge >= 0.3 is 0 Å². The van der Waals surface area contributed by atoms with Gasteiger partial charge in [-0.2, -0.15) is 5.10 Å². The first-order chi connectivity index (χ1) is 7.68. The Bertz CT molecular complexity index is 342. The van der Waals surface area contributed by atoms with Gasteiger partial charge in [-0.05, 0) is 24.7 Å². The molecule has 1 saturated carbocycles. The minimum atomic E-state index is -0.275. The first-order valence-corrected chi connectivity index (χ1v) is 6.19. The second kappa shape index (κ2) is 4.53. The molecule has 0 saturated heterocycles. The molecule has 0 aliphatic heterocycles. The maximum absolute atomic E-state index is 10.4. The molecule has 0 aromatic carbocycles. The van der Waals surface area contributed by atoms with E-state index in [1.165, 1.54) is 12.8 Å². The van der Waals surface area contributed by atoms with E-state index in [0.29, 0.717) is 6.42 Å². The topological polar surface area (TPSA) is 50.9 Å². The normalized spacial score (nSPS) is 21.2. The van der Waals surface area contributed by atoms with Gasteiger partial charge in [0.2, 0.25) is 0 Å². The monoisotopic (exact) mass is 223 g/mol. The molecule has 4 heteroatoms. The number of aromatic nitrogens is 3. The summed E-state index contributed by atoms with van der Waals surface area (Å²) in [6.45, 7) is 2.19. The maximum Gasteiger partial charge on any atom is 0.138 e. The summed E-state index contributed by atoms with van der Waals surface area (Å²) in [7, 11) is 1.88. The molecule has 0 amide bonds. The van der Waals surface area contributed by atoms with Gasteiger partial charge in [-0.3, -0.25) is 4.68 Å². The third kappa shape index (κ3) is 1.98. The minimum absolute atomic E-state index is 0.131. The molecule has 90 valence electrons. The first-order valence-electron chi connectivity index (χ1n) is 6.19. The molecule has 0 bridgehead atoms. The molecule has 1 heterocycles. The number of aliphatic hydroxyl groups is 1. The molecular weight excluding hydrogens is 202 g/mol. The third-order valence-corrected chi connectivity index (χ3v) is 4.19. The highest BCUT2D eigenvalue weighted by Crippen LogP contribution is 2.44. The Kier molecular flexibility index (Phi) is 3.28. The predicted molar refractivity (Wildman–Crippen MR) is 61.9 cm³/mol. The van der Waals surface area contributed by atoms with Gasteiger partial charge < -0.3 is 5.11 Å². The highest BCUT2D eigenvalue weighted by Gasteiger charge is 2.39. The Balaban J connectivity index is 2.07. The van der Waals surface area contributed by atoms with Crippen LogP contribution in [0.4, 0.5) is 0 Å². The molecule has 1 unspecified atom stereocenters. The molecule has 0 spiro atoms. The lowest BCUT2D eigenvalue weighted by atomic mass is 9.76. The van der Waals surface area contributed by atoms with Crippen LogP contribution in [0.5, 0.6) is 0 Å². The minimum Gasteiger partial charge on any atom is -0.392 e. The molecule has 1 aromatic heterocycles. The van der Waals surface area contributed by atoms with Gasteiger partial charge in [0.25, 0.3) is 0 Å². The lowest BCUT2D eigenvalue weighted by Gasteiger charge is -2.33. The van der Waals surface area contributed by atoms with Crippen molar-refractivity contribution in [3.63, 3.8) is 0 Å². The van der Waals surface area contributed by atoms with Crippen LogP contribution < -0.4 is 0 Å². The largest absolute Gasteiger partial charge is 0.392 e. The van der Waals surface area contributed by atoms with Crippen LogP contribution in [0.2, 0.25) is 0 Å². The van der Waals surface area contributed by atoms with E-state index in [4.69, 9.17) is 0 Å². The third-order valence-electron chi connectivity index (χ3n) is 4.19. The molecule has 1 aliphatic rings. The SMILES string of the molecule is CCC1(C(O)Cc2ncnn2C)CCCC1. The van der Waals surface area contributed by atoms with Crippen molar-refractivity contribution in [2.45, 2.75) is 51.6 Å². The molecule has 4 nitrogen and oxygen atoms in total. The van der Waals surface area contributed by atoms with Crippen molar-refractivity contribution in [3.05, 3.63) is 12.2 Å². The zero-order valence-electron chi connectivity index (χ0n) is 10.2. The van der Waals surface area contributed by atoms with Gasteiger partial charge in [-0.15, -0.1) is 0 Å². The fourth-order valence-corrected chi connectivity index (χ4v) is 2.90. The Hall–Kier alpha value is -0.900. The van der Waals surface area contributed by atoms with E-state index < -0.39 is 0 Å². The summed E-state index contributed by atoms with van der Waals surface area (Å²) >= 11 is 0. The van der Waals surface area contributed by atoms with Crippen LogP contribution in [0.25, 0.3) is 0 Å². The summed E-state index contributed by atoms with van der Waals surface area (Å²) in [6, 6.07) is 0. The molecule has 1 fully saturated rings. The van der Waals surface area contributed by atoms with Crippen LogP contribution in [-0.2, 0) is 13.5 Å². The Morgan fingerprint density at radius 2 is 2.19 bits per heavy atom. The summed E-state index contributed by atoms with van der Waals surface area (Å²) in [5, 5.41) is 14.5. The molecule has 1 N–H and O–H groups in total. The van der Waals surface area contributed by atoms with E-state index in [0.717, 1.165) is 25.1 Å². The van der Waals surface area contributed by atoms with Crippen molar-refractivity contribution in [2.75, 3.05) is 0 Å². The van der Waals surface area contributed by atoms with E-state index >= 15 is 0 Å². The zero-order valence-corrected chi connectivity index (χ0v) is 10.2. The van der Waals surface area contributed by atoms with E-state index in [1.807, 2.05) is 7.05 Å². The quantitative estimate of drug-likeness (QED) is 0.845. The smallest absolute Gasteiger partial charge is 0.138 e. The number of hydrogen-bond donors (Lipinski definition) is 1. The Morgan fingerprint density at radius 3 is 2.69 bits per heavy atom. The van der Waals surface area contributed by atoms with Crippen molar-refractivity contribution < 1.29 is 5.11 Å². The average Bonchev–Trinajstić information content (AvgIpc) is 2.89. The number of nitrogens with zero attached hydrogens (tertiary/aromatic N) is 3. The highest BCUT2D eigenvalue weighted by atomic mass is 16.3. The fraction of sp³-hybridized carbons (Fsp3) is 0.833. The Morgan fingerprint density at radius 1 is 1.50 bits per heavy atom. The molecule has 0 radical (unpaired) electrons. The van der Waals surface area contributed by atoms with Crippen LogP contribution in [0.3, 0.4) is 0 Å². The first kappa shape index (κ1) is 11.6. The molecule has 16 heavy (non-hydrogen) atoms. The summed E-state index contributed by atoms with van der Waals surface area (Å²) in [6.07, 6.45) is 7.78. The van der Waals surface area contributed by atoms with Crippen molar-refractivity contribution in [1.82, 2.24) is 14.8 Å². The van der Waals surface area contributed by atoms with Crippen molar-refractivity contribution in [1.29, 1.82) is 0 Å². The van der Waals surface area contributed by atoms with E-state index in [9.17, 15) is 5.11 Å². The van der Waals surface area contributed by atoms with Gasteiger partial charge in [-0.25, -0.2) is 4.98 Å². The second-order valence-corrected chi connectivity index (χ2v) is 4.94. The lowest BCUT2D eigenvalue weighted by Crippen LogP contribution is -2.34. The van der Waals surface area contributed by atoms with Gasteiger partial charge in [0.15, 0.2) is 0 Å². The van der Waals surface area contributed by atoms with Crippen LogP contribution in [-0.4, -0.2) is 26.0 Å². The van der Waals surface area contributed by atoms with E-state index in [2.05, 4.69) is 17.0 Å². The van der Waals surface area contributed by atoms with Gasteiger partial charge in [-0.1, -0.05) is 19.8 Å². The van der Waals surface area contributed by atoms with E-state index in [-0.39, 0.29) is 11.5 Å². The predicted octanol–water partition coefficient (Wildman–Crippen LogP) is 1.69.